The van der Waals surface area contributed by atoms with E-state index in [1.807, 2.05) is 6.92 Å². The van der Waals surface area contributed by atoms with E-state index in [0.29, 0.717) is 11.1 Å². The van der Waals surface area contributed by atoms with Gasteiger partial charge in [-0.15, -0.1) is 0 Å². The number of nitrogens with zero attached hydrogens (tertiary/aromatic N) is 1. The number of ketones is 1. The van der Waals surface area contributed by atoms with E-state index >= 15 is 0 Å². The number of hydrogen-bond donors (Lipinski definition) is 3. The summed E-state index contributed by atoms with van der Waals surface area (Å²) in [7, 11) is 1.38. The van der Waals surface area contributed by atoms with Gasteiger partial charge in [0.2, 0.25) is 0 Å². The zero-order valence-electron chi connectivity index (χ0n) is 15.5. The number of amides is 1. The van der Waals surface area contributed by atoms with Crippen molar-refractivity contribution in [3.63, 3.8) is 0 Å². The third kappa shape index (κ3) is 3.32. The summed E-state index contributed by atoms with van der Waals surface area (Å²) in [5.74, 6) is -1.86. The predicted molar refractivity (Wildman–Crippen MR) is 102 cm³/mol. The van der Waals surface area contributed by atoms with Crippen LogP contribution < -0.4 is 4.74 Å². The van der Waals surface area contributed by atoms with Gasteiger partial charge in [-0.1, -0.05) is 35.9 Å². The van der Waals surface area contributed by atoms with Crippen molar-refractivity contribution in [3.8, 4) is 11.5 Å². The molecule has 1 saturated heterocycles. The molecule has 1 aliphatic heterocycles. The number of phenols is 1. The first-order chi connectivity index (χ1) is 13.4. The average Bonchev–Trinajstić information content (AvgIpc) is 2.94. The van der Waals surface area contributed by atoms with E-state index < -0.39 is 17.7 Å². The number of carbonyl (C=O) groups excluding carboxylic acids is 2. The van der Waals surface area contributed by atoms with Crippen LogP contribution in [-0.4, -0.2) is 52.2 Å². The fourth-order valence-corrected chi connectivity index (χ4v) is 3.30. The van der Waals surface area contributed by atoms with Gasteiger partial charge >= 0.3 is 0 Å². The highest BCUT2D eigenvalue weighted by atomic mass is 16.5. The average molecular weight is 383 g/mol. The number of methoxy groups -OCH3 is 1. The van der Waals surface area contributed by atoms with E-state index in [-0.39, 0.29) is 36.0 Å². The number of β-amino-alcohol motifs (C(OH)–C–C–N with tert-alkyl or cyclic N) is 1. The molecular weight excluding hydrogens is 362 g/mol. The predicted octanol–water partition coefficient (Wildman–Crippen LogP) is 2.12. The van der Waals surface area contributed by atoms with Gasteiger partial charge in [0.1, 0.15) is 5.76 Å². The number of Topliss-reactive ketones (excluding diaryl/α,β-unsaturated/α-hetero) is 1. The van der Waals surface area contributed by atoms with E-state index in [2.05, 4.69) is 0 Å². The number of likely N-dealkylation sites (tertiary alicyclic amines) is 1. The van der Waals surface area contributed by atoms with Crippen LogP contribution in [0.25, 0.3) is 5.76 Å². The van der Waals surface area contributed by atoms with Crippen LogP contribution >= 0.6 is 0 Å². The van der Waals surface area contributed by atoms with Crippen LogP contribution in [0, 0.1) is 6.92 Å². The summed E-state index contributed by atoms with van der Waals surface area (Å²) in [6.07, 6.45) is 0. The van der Waals surface area contributed by atoms with Crippen molar-refractivity contribution < 1.29 is 29.6 Å². The maximum absolute atomic E-state index is 12.7. The molecule has 146 valence electrons. The number of aromatic hydroxyl groups is 1. The molecule has 1 unspecified atom stereocenters. The number of phenolic OH excluding ortho intramolecular Hbond substituents is 1. The molecule has 28 heavy (non-hydrogen) atoms. The molecule has 7 heteroatoms. The molecule has 0 aromatic heterocycles. The number of aryl methyl sites for hydroxylation is 1. The maximum atomic E-state index is 12.7. The van der Waals surface area contributed by atoms with Gasteiger partial charge in [-0.25, -0.2) is 0 Å². The standard InChI is InChI=1S/C21H21NO6/c1-12-3-5-13(6-4-12)19(25)17-18(22(9-10-23)21(27)20(17)26)14-7-8-15(24)16(11-14)28-2/h3-8,11,18,23-25H,9-10H2,1-2H3. The van der Waals surface area contributed by atoms with Crippen molar-refractivity contribution in [2.45, 2.75) is 13.0 Å². The van der Waals surface area contributed by atoms with Crippen molar-refractivity contribution >= 4 is 17.4 Å². The minimum absolute atomic E-state index is 0.0740. The molecule has 3 rings (SSSR count). The van der Waals surface area contributed by atoms with Gasteiger partial charge in [-0.3, -0.25) is 9.59 Å². The van der Waals surface area contributed by atoms with E-state index in [0.717, 1.165) is 5.56 Å². The second-order valence-corrected chi connectivity index (χ2v) is 6.51. The number of benzene rings is 2. The second-order valence-electron chi connectivity index (χ2n) is 6.51. The Morgan fingerprint density at radius 1 is 1.14 bits per heavy atom. The number of aliphatic hydroxyl groups excluding tert-OH is 2. The minimum atomic E-state index is -0.914. The second kappa shape index (κ2) is 7.74. The summed E-state index contributed by atoms with van der Waals surface area (Å²) in [6.45, 7) is 1.47. The molecule has 1 aliphatic rings. The molecule has 2 aromatic carbocycles. The van der Waals surface area contributed by atoms with Crippen molar-refractivity contribution in [1.29, 1.82) is 0 Å². The molecule has 7 nitrogen and oxygen atoms in total. The molecule has 0 spiro atoms. The van der Waals surface area contributed by atoms with Crippen LogP contribution in [0.3, 0.4) is 0 Å². The van der Waals surface area contributed by atoms with Gasteiger partial charge in [0.25, 0.3) is 11.7 Å². The smallest absolute Gasteiger partial charge is 0.295 e. The Hall–Kier alpha value is -3.32. The topological polar surface area (TPSA) is 107 Å². The lowest BCUT2D eigenvalue weighted by Crippen LogP contribution is -2.32. The lowest BCUT2D eigenvalue weighted by molar-refractivity contribution is -0.140. The molecule has 1 fully saturated rings. The summed E-state index contributed by atoms with van der Waals surface area (Å²) in [6, 6.07) is 10.4. The molecule has 0 aliphatic carbocycles. The monoisotopic (exact) mass is 383 g/mol. The summed E-state index contributed by atoms with van der Waals surface area (Å²) in [5, 5.41) is 30.1. The Kier molecular flexibility index (Phi) is 5.37. The number of carbonyl (C=O) groups is 2. The molecule has 3 N–H and O–H groups in total. The van der Waals surface area contributed by atoms with Crippen LogP contribution in [0.5, 0.6) is 11.5 Å². The summed E-state index contributed by atoms with van der Waals surface area (Å²) in [4.78, 5) is 26.4. The molecular formula is C21H21NO6. The Morgan fingerprint density at radius 2 is 1.82 bits per heavy atom. The van der Waals surface area contributed by atoms with Gasteiger partial charge in [-0.05, 0) is 24.6 Å². The Morgan fingerprint density at radius 3 is 2.43 bits per heavy atom. The number of aliphatic hydroxyl groups is 2. The molecule has 0 radical (unpaired) electrons. The van der Waals surface area contributed by atoms with Gasteiger partial charge in [0.05, 0.1) is 25.3 Å². The summed E-state index contributed by atoms with van der Waals surface area (Å²) < 4.78 is 5.12. The molecule has 0 saturated carbocycles. The lowest BCUT2D eigenvalue weighted by Gasteiger charge is -2.25. The number of ether oxygens (including phenoxy) is 1. The fourth-order valence-electron chi connectivity index (χ4n) is 3.30. The third-order valence-corrected chi connectivity index (χ3v) is 4.73. The van der Waals surface area contributed by atoms with E-state index in [1.165, 1.54) is 24.1 Å². The SMILES string of the molecule is COc1cc(C2C(=C(O)c3ccc(C)cc3)C(=O)C(=O)N2CCO)ccc1O. The van der Waals surface area contributed by atoms with Crippen molar-refractivity contribution in [2.24, 2.45) is 0 Å². The van der Waals surface area contributed by atoms with Crippen molar-refractivity contribution in [2.75, 3.05) is 20.3 Å². The van der Waals surface area contributed by atoms with Gasteiger partial charge in [-0.2, -0.15) is 0 Å². The third-order valence-electron chi connectivity index (χ3n) is 4.73. The summed E-state index contributed by atoms with van der Waals surface area (Å²) >= 11 is 0. The Bertz CT molecular complexity index is 948. The van der Waals surface area contributed by atoms with Crippen molar-refractivity contribution in [1.82, 2.24) is 4.90 Å². The quantitative estimate of drug-likeness (QED) is 0.415. The van der Waals surface area contributed by atoms with Crippen LogP contribution in [-0.2, 0) is 9.59 Å². The highest BCUT2D eigenvalue weighted by molar-refractivity contribution is 6.46. The van der Waals surface area contributed by atoms with Crippen LogP contribution in [0.15, 0.2) is 48.0 Å². The zero-order valence-corrected chi connectivity index (χ0v) is 15.5. The van der Waals surface area contributed by atoms with Crippen molar-refractivity contribution in [3.05, 3.63) is 64.7 Å². The van der Waals surface area contributed by atoms with Crippen LogP contribution in [0.4, 0.5) is 0 Å². The molecule has 2 aromatic rings. The highest BCUT2D eigenvalue weighted by Gasteiger charge is 2.46. The largest absolute Gasteiger partial charge is 0.507 e. The normalized spacial score (nSPS) is 18.5. The lowest BCUT2D eigenvalue weighted by atomic mass is 9.94. The van der Waals surface area contributed by atoms with E-state index in [9.17, 15) is 24.9 Å². The number of hydrogen-bond acceptors (Lipinski definition) is 6. The molecule has 0 bridgehead atoms. The van der Waals surface area contributed by atoms with Gasteiger partial charge in [0.15, 0.2) is 11.5 Å². The van der Waals surface area contributed by atoms with Gasteiger partial charge in [0, 0.05) is 12.1 Å². The summed E-state index contributed by atoms with van der Waals surface area (Å²) in [5.41, 5.74) is 1.78. The molecule has 1 atom stereocenters. The Balaban J connectivity index is 2.20. The van der Waals surface area contributed by atoms with Gasteiger partial charge < -0.3 is 25.0 Å². The first-order valence-electron chi connectivity index (χ1n) is 8.72. The maximum Gasteiger partial charge on any atom is 0.295 e. The molecule has 1 heterocycles. The van der Waals surface area contributed by atoms with Crippen LogP contribution in [0.1, 0.15) is 22.7 Å². The van der Waals surface area contributed by atoms with Crippen LogP contribution in [0.2, 0.25) is 0 Å². The Labute approximate surface area is 162 Å². The van der Waals surface area contributed by atoms with E-state index in [4.69, 9.17) is 4.74 Å². The highest BCUT2D eigenvalue weighted by Crippen LogP contribution is 2.41. The molecule has 1 amide bonds. The minimum Gasteiger partial charge on any atom is -0.507 e. The first kappa shape index (κ1) is 19.4. The van der Waals surface area contributed by atoms with E-state index in [1.54, 1.807) is 30.3 Å². The zero-order chi connectivity index (χ0) is 20.4. The first-order valence-corrected chi connectivity index (χ1v) is 8.72. The fraction of sp³-hybridized carbons (Fsp3) is 0.238. The number of rotatable bonds is 5.